The summed E-state index contributed by atoms with van der Waals surface area (Å²) in [6.45, 7) is 1.38. The second-order valence-electron chi connectivity index (χ2n) is 8.63. The van der Waals surface area contributed by atoms with E-state index in [-0.39, 0.29) is 24.7 Å². The number of amides is 2. The Hall–Kier alpha value is -2.54. The maximum Gasteiger partial charge on any atom is 0.315 e. The summed E-state index contributed by atoms with van der Waals surface area (Å²) in [6, 6.07) is 0.0515. The zero-order valence-corrected chi connectivity index (χ0v) is 17.7. The molecule has 2 saturated heterocycles. The van der Waals surface area contributed by atoms with Crippen LogP contribution in [0.15, 0.2) is 12.7 Å². The summed E-state index contributed by atoms with van der Waals surface area (Å²) in [6.07, 6.45) is 4.00. The van der Waals surface area contributed by atoms with Gasteiger partial charge in [-0.25, -0.2) is 19.7 Å². The lowest BCUT2D eigenvalue weighted by Gasteiger charge is -2.18. The SMILES string of the molecule is O=C(NC[C@H]1O[C@@H](n2cnc3c(N[C@@H]4CCOC4)ncnc32)[C@H](O)[C@H]1O)NC1CCCC1. The standard InChI is InChI=1S/C20H29N7O5/c28-15-13(7-21-20(30)26-11-3-1-2-4-11)32-19(16(15)29)27-10-24-14-17(22-9-23-18(14)27)25-12-5-6-31-8-12/h9-13,15-16,19,28-29H,1-8H2,(H2,21,26,30)(H,22,23,25)/t12-,13-,15+,16-,19-/m1/s1. The molecular formula is C20H29N7O5. The lowest BCUT2D eigenvalue weighted by atomic mass is 10.1. The Morgan fingerprint density at radius 2 is 1.97 bits per heavy atom. The third kappa shape index (κ3) is 4.22. The number of rotatable bonds is 6. The van der Waals surface area contributed by atoms with Gasteiger partial charge in [0, 0.05) is 19.2 Å². The summed E-state index contributed by atoms with van der Waals surface area (Å²) in [4.78, 5) is 25.1. The van der Waals surface area contributed by atoms with E-state index in [4.69, 9.17) is 9.47 Å². The minimum Gasteiger partial charge on any atom is -0.387 e. The van der Waals surface area contributed by atoms with Gasteiger partial charge in [-0.1, -0.05) is 12.8 Å². The molecule has 12 heteroatoms. The normalized spacial score (nSPS) is 30.8. The molecule has 2 aromatic rings. The highest BCUT2D eigenvalue weighted by atomic mass is 16.6. The Balaban J connectivity index is 1.25. The molecule has 0 unspecified atom stereocenters. The van der Waals surface area contributed by atoms with Crippen LogP contribution in [0.25, 0.3) is 11.2 Å². The third-order valence-corrected chi connectivity index (χ3v) is 6.39. The lowest BCUT2D eigenvalue weighted by Crippen LogP contribution is -2.46. The smallest absolute Gasteiger partial charge is 0.315 e. The van der Waals surface area contributed by atoms with Crippen LogP contribution in [0.3, 0.4) is 0 Å². The van der Waals surface area contributed by atoms with Crippen LogP contribution in [-0.4, -0.2) is 85.9 Å². The van der Waals surface area contributed by atoms with E-state index in [0.29, 0.717) is 30.2 Å². The van der Waals surface area contributed by atoms with Crippen molar-refractivity contribution in [3.05, 3.63) is 12.7 Å². The number of aliphatic hydroxyl groups is 2. The van der Waals surface area contributed by atoms with Gasteiger partial charge < -0.3 is 35.6 Å². The van der Waals surface area contributed by atoms with E-state index in [9.17, 15) is 15.0 Å². The molecule has 0 aromatic carbocycles. The van der Waals surface area contributed by atoms with Gasteiger partial charge in [0.05, 0.1) is 19.0 Å². The minimum atomic E-state index is -1.20. The second kappa shape index (κ2) is 9.14. The predicted molar refractivity (Wildman–Crippen MR) is 113 cm³/mol. The molecule has 0 spiro atoms. The van der Waals surface area contributed by atoms with Gasteiger partial charge in [-0.3, -0.25) is 4.57 Å². The first-order valence-corrected chi connectivity index (χ1v) is 11.2. The zero-order chi connectivity index (χ0) is 22.1. The zero-order valence-electron chi connectivity index (χ0n) is 17.7. The van der Waals surface area contributed by atoms with Crippen molar-refractivity contribution in [1.82, 2.24) is 30.2 Å². The molecule has 174 valence electrons. The van der Waals surface area contributed by atoms with Crippen LogP contribution in [0.4, 0.5) is 10.6 Å². The van der Waals surface area contributed by atoms with Crippen molar-refractivity contribution in [2.24, 2.45) is 0 Å². The van der Waals surface area contributed by atoms with E-state index < -0.39 is 24.5 Å². The fourth-order valence-electron chi connectivity index (χ4n) is 4.61. The van der Waals surface area contributed by atoms with Crippen molar-refractivity contribution in [3.63, 3.8) is 0 Å². The molecule has 2 aromatic heterocycles. The first kappa shape index (κ1) is 21.3. The number of aromatic nitrogens is 4. The largest absolute Gasteiger partial charge is 0.387 e. The monoisotopic (exact) mass is 447 g/mol. The van der Waals surface area contributed by atoms with Crippen LogP contribution in [0.1, 0.15) is 38.3 Å². The van der Waals surface area contributed by atoms with Crippen LogP contribution in [-0.2, 0) is 9.47 Å². The number of nitrogens with zero attached hydrogens (tertiary/aromatic N) is 4. The maximum absolute atomic E-state index is 12.1. The highest BCUT2D eigenvalue weighted by Crippen LogP contribution is 2.32. The number of urea groups is 1. The van der Waals surface area contributed by atoms with Crippen molar-refractivity contribution in [2.75, 3.05) is 25.1 Å². The molecule has 0 radical (unpaired) electrons. The molecule has 4 heterocycles. The second-order valence-corrected chi connectivity index (χ2v) is 8.63. The van der Waals surface area contributed by atoms with E-state index >= 15 is 0 Å². The molecule has 2 amide bonds. The molecular weight excluding hydrogens is 418 g/mol. The van der Waals surface area contributed by atoms with E-state index in [1.807, 2.05) is 0 Å². The first-order valence-electron chi connectivity index (χ1n) is 11.2. The van der Waals surface area contributed by atoms with Gasteiger partial charge >= 0.3 is 6.03 Å². The highest BCUT2D eigenvalue weighted by molar-refractivity contribution is 5.82. The molecule has 32 heavy (non-hydrogen) atoms. The topological polar surface area (TPSA) is 156 Å². The van der Waals surface area contributed by atoms with Gasteiger partial charge in [0.15, 0.2) is 23.2 Å². The van der Waals surface area contributed by atoms with Crippen molar-refractivity contribution in [3.8, 4) is 0 Å². The van der Waals surface area contributed by atoms with Crippen LogP contribution in [0.5, 0.6) is 0 Å². The van der Waals surface area contributed by atoms with E-state index in [2.05, 4.69) is 30.9 Å². The quantitative estimate of drug-likeness (QED) is 0.408. The van der Waals surface area contributed by atoms with E-state index in [1.165, 1.54) is 12.7 Å². The first-order chi connectivity index (χ1) is 15.6. The van der Waals surface area contributed by atoms with Gasteiger partial charge in [-0.2, -0.15) is 0 Å². The van der Waals surface area contributed by atoms with Crippen LogP contribution < -0.4 is 16.0 Å². The van der Waals surface area contributed by atoms with Crippen molar-refractivity contribution >= 4 is 23.0 Å². The van der Waals surface area contributed by atoms with Gasteiger partial charge in [-0.15, -0.1) is 0 Å². The van der Waals surface area contributed by atoms with Crippen LogP contribution >= 0.6 is 0 Å². The van der Waals surface area contributed by atoms with E-state index in [0.717, 1.165) is 32.1 Å². The average Bonchev–Trinajstić information content (AvgIpc) is 3.58. The molecule has 5 atom stereocenters. The van der Waals surface area contributed by atoms with E-state index in [1.54, 1.807) is 4.57 Å². The maximum atomic E-state index is 12.1. The third-order valence-electron chi connectivity index (χ3n) is 6.39. The van der Waals surface area contributed by atoms with Crippen LogP contribution in [0.2, 0.25) is 0 Å². The summed E-state index contributed by atoms with van der Waals surface area (Å²) in [5.41, 5.74) is 1.02. The molecule has 3 aliphatic rings. The molecule has 2 aliphatic heterocycles. The number of anilines is 1. The number of fused-ring (bicyclic) bond motifs is 1. The number of imidazole rings is 1. The lowest BCUT2D eigenvalue weighted by molar-refractivity contribution is -0.0335. The average molecular weight is 447 g/mol. The summed E-state index contributed by atoms with van der Waals surface area (Å²) in [5.74, 6) is 0.582. The summed E-state index contributed by atoms with van der Waals surface area (Å²) >= 11 is 0. The van der Waals surface area contributed by atoms with Gasteiger partial charge in [0.2, 0.25) is 0 Å². The fraction of sp³-hybridized carbons (Fsp3) is 0.700. The molecule has 1 aliphatic carbocycles. The number of aliphatic hydroxyl groups excluding tert-OH is 2. The number of carbonyl (C=O) groups excluding carboxylic acids is 1. The van der Waals surface area contributed by atoms with Crippen LogP contribution in [0, 0.1) is 0 Å². The molecule has 5 N–H and O–H groups in total. The summed E-state index contributed by atoms with van der Waals surface area (Å²) < 4.78 is 12.9. The Labute approximate surface area is 184 Å². The molecule has 0 bridgehead atoms. The Morgan fingerprint density at radius 1 is 1.12 bits per heavy atom. The number of hydrogen-bond acceptors (Lipinski definition) is 9. The molecule has 1 saturated carbocycles. The summed E-state index contributed by atoms with van der Waals surface area (Å²) in [7, 11) is 0. The predicted octanol–water partition coefficient (Wildman–Crippen LogP) is -0.112. The Kier molecular flexibility index (Phi) is 6.09. The molecule has 5 rings (SSSR count). The van der Waals surface area contributed by atoms with Crippen molar-refractivity contribution < 1.29 is 24.5 Å². The Bertz CT molecular complexity index is 944. The number of ether oxygens (including phenoxy) is 2. The number of nitrogens with one attached hydrogen (secondary N) is 3. The number of carbonyl (C=O) groups is 1. The highest BCUT2D eigenvalue weighted by Gasteiger charge is 2.44. The van der Waals surface area contributed by atoms with Crippen molar-refractivity contribution in [1.29, 1.82) is 0 Å². The number of hydrogen-bond donors (Lipinski definition) is 5. The Morgan fingerprint density at radius 3 is 2.75 bits per heavy atom. The molecule has 12 nitrogen and oxygen atoms in total. The fourth-order valence-corrected chi connectivity index (χ4v) is 4.61. The van der Waals surface area contributed by atoms with Gasteiger partial charge in [-0.05, 0) is 19.3 Å². The van der Waals surface area contributed by atoms with Gasteiger partial charge in [0.25, 0.3) is 0 Å². The minimum absolute atomic E-state index is 0.0728. The molecule has 3 fully saturated rings. The summed E-state index contributed by atoms with van der Waals surface area (Å²) in [5, 5.41) is 30.1. The van der Waals surface area contributed by atoms with Gasteiger partial charge in [0.1, 0.15) is 24.6 Å². The van der Waals surface area contributed by atoms with Crippen molar-refractivity contribution in [2.45, 2.75) is 68.7 Å².